The summed E-state index contributed by atoms with van der Waals surface area (Å²) in [7, 11) is 1.39. The third-order valence-corrected chi connectivity index (χ3v) is 5.19. The largest absolute Gasteiger partial charge is 0.493 e. The quantitative estimate of drug-likeness (QED) is 0.599. The smallest absolute Gasteiger partial charge is 0.414 e. The van der Waals surface area contributed by atoms with E-state index in [1.54, 1.807) is 6.07 Å². The van der Waals surface area contributed by atoms with Crippen LogP contribution in [0.1, 0.15) is 25.3 Å². The van der Waals surface area contributed by atoms with Gasteiger partial charge in [-0.2, -0.15) is 8.78 Å². The van der Waals surface area contributed by atoms with Gasteiger partial charge in [0.05, 0.1) is 31.6 Å². The first kappa shape index (κ1) is 24.9. The number of carbonyl (C=O) groups is 2. The highest BCUT2D eigenvalue weighted by Crippen LogP contribution is 2.30. The lowest BCUT2D eigenvalue weighted by Gasteiger charge is -2.16. The van der Waals surface area contributed by atoms with Crippen molar-refractivity contribution in [2.75, 3.05) is 30.4 Å². The minimum Gasteiger partial charge on any atom is -0.493 e. The van der Waals surface area contributed by atoms with Crippen molar-refractivity contribution in [1.82, 2.24) is 5.32 Å². The zero-order valence-corrected chi connectivity index (χ0v) is 18.7. The lowest BCUT2D eigenvalue weighted by Crippen LogP contribution is -2.37. The monoisotopic (exact) mass is 479 g/mol. The summed E-state index contributed by atoms with van der Waals surface area (Å²) in [5, 5.41) is 4.96. The second-order valence-electron chi connectivity index (χ2n) is 7.89. The summed E-state index contributed by atoms with van der Waals surface area (Å²) in [5.41, 5.74) is 1.17. The number of cyclic esters (lactones) is 1. The maximum absolute atomic E-state index is 14.9. The fraction of sp³-hybridized carbons (Fsp3) is 0.348. The van der Waals surface area contributed by atoms with E-state index in [4.69, 9.17) is 9.47 Å². The third-order valence-electron chi connectivity index (χ3n) is 5.19. The van der Waals surface area contributed by atoms with Crippen LogP contribution in [-0.2, 0) is 9.53 Å². The Morgan fingerprint density at radius 1 is 1.18 bits per heavy atom. The SMILES string of the molecule is COc1ccc(Nc2ccc(N3C[C@H](CNC(=O)C(F)F)OC3=O)cc2F)c(C(C)C)cc1=O. The second kappa shape index (κ2) is 10.4. The highest BCUT2D eigenvalue weighted by Gasteiger charge is 2.33. The van der Waals surface area contributed by atoms with Crippen molar-refractivity contribution in [1.29, 1.82) is 0 Å². The molecule has 3 rings (SSSR count). The minimum atomic E-state index is -3.17. The summed E-state index contributed by atoms with van der Waals surface area (Å²) < 4.78 is 49.7. The van der Waals surface area contributed by atoms with E-state index in [1.807, 2.05) is 19.2 Å². The predicted octanol–water partition coefficient (Wildman–Crippen LogP) is 3.77. The lowest BCUT2D eigenvalue weighted by molar-refractivity contribution is -0.132. The fourth-order valence-corrected chi connectivity index (χ4v) is 3.44. The van der Waals surface area contributed by atoms with Gasteiger partial charge in [0.1, 0.15) is 11.9 Å². The molecule has 0 bridgehead atoms. The van der Waals surface area contributed by atoms with Gasteiger partial charge in [-0.3, -0.25) is 14.5 Å². The molecule has 34 heavy (non-hydrogen) atoms. The Morgan fingerprint density at radius 2 is 1.88 bits per heavy atom. The van der Waals surface area contributed by atoms with E-state index >= 15 is 0 Å². The van der Waals surface area contributed by atoms with Crippen molar-refractivity contribution in [3.63, 3.8) is 0 Å². The molecule has 2 amide bonds. The zero-order valence-electron chi connectivity index (χ0n) is 18.7. The number of ether oxygens (including phenoxy) is 2. The van der Waals surface area contributed by atoms with Gasteiger partial charge in [-0.05, 0) is 47.9 Å². The van der Waals surface area contributed by atoms with Gasteiger partial charge in [0.25, 0.3) is 5.91 Å². The third kappa shape index (κ3) is 5.59. The van der Waals surface area contributed by atoms with E-state index in [0.717, 1.165) is 11.0 Å². The number of amides is 2. The van der Waals surface area contributed by atoms with Gasteiger partial charge in [0, 0.05) is 5.69 Å². The Bertz CT molecular complexity index is 1140. The van der Waals surface area contributed by atoms with Crippen molar-refractivity contribution in [2.24, 2.45) is 0 Å². The van der Waals surface area contributed by atoms with Crippen LogP contribution in [0.25, 0.3) is 0 Å². The summed E-state index contributed by atoms with van der Waals surface area (Å²) in [6, 6.07) is 8.60. The van der Waals surface area contributed by atoms with Crippen molar-refractivity contribution >= 4 is 29.1 Å². The Kier molecular flexibility index (Phi) is 7.64. The predicted molar refractivity (Wildman–Crippen MR) is 120 cm³/mol. The first-order chi connectivity index (χ1) is 16.1. The summed E-state index contributed by atoms with van der Waals surface area (Å²) >= 11 is 0. The summed E-state index contributed by atoms with van der Waals surface area (Å²) in [6.07, 6.45) is -4.82. The number of anilines is 3. The van der Waals surface area contributed by atoms with E-state index in [2.05, 4.69) is 5.32 Å². The molecule has 8 nitrogen and oxygen atoms in total. The fourth-order valence-electron chi connectivity index (χ4n) is 3.44. The number of methoxy groups -OCH3 is 1. The van der Waals surface area contributed by atoms with Crippen molar-refractivity contribution in [2.45, 2.75) is 32.3 Å². The number of carbonyl (C=O) groups excluding carboxylic acids is 2. The molecule has 2 aromatic rings. The van der Waals surface area contributed by atoms with E-state index < -0.39 is 30.3 Å². The number of alkyl halides is 2. The van der Waals surface area contributed by atoms with Crippen LogP contribution in [0, 0.1) is 5.82 Å². The summed E-state index contributed by atoms with van der Waals surface area (Å²) in [4.78, 5) is 36.6. The van der Waals surface area contributed by atoms with Crippen molar-refractivity contribution < 1.29 is 32.2 Å². The number of nitrogens with zero attached hydrogens (tertiary/aromatic N) is 1. The average Bonchev–Trinajstić information content (AvgIpc) is 3.08. The van der Waals surface area contributed by atoms with Gasteiger partial charge >= 0.3 is 12.5 Å². The van der Waals surface area contributed by atoms with Gasteiger partial charge in [0.15, 0.2) is 5.75 Å². The van der Waals surface area contributed by atoms with Gasteiger partial charge in [-0.15, -0.1) is 0 Å². The normalized spacial score (nSPS) is 15.5. The molecule has 1 atom stereocenters. The lowest BCUT2D eigenvalue weighted by atomic mass is 10.0. The van der Waals surface area contributed by atoms with Crippen molar-refractivity contribution in [3.05, 3.63) is 58.0 Å². The van der Waals surface area contributed by atoms with Crippen LogP contribution in [-0.4, -0.2) is 44.7 Å². The van der Waals surface area contributed by atoms with Gasteiger partial charge in [-0.1, -0.05) is 13.8 Å². The van der Waals surface area contributed by atoms with Gasteiger partial charge in [0.2, 0.25) is 5.43 Å². The number of hydrogen-bond acceptors (Lipinski definition) is 6. The molecule has 1 saturated heterocycles. The number of halogens is 3. The van der Waals surface area contributed by atoms with Crippen LogP contribution >= 0.6 is 0 Å². The first-order valence-electron chi connectivity index (χ1n) is 10.4. The Hall–Kier alpha value is -3.76. The Labute approximate surface area is 193 Å². The van der Waals surface area contributed by atoms with Crippen LogP contribution in [0.4, 0.5) is 35.0 Å². The summed E-state index contributed by atoms with van der Waals surface area (Å²) in [6.45, 7) is 3.45. The maximum atomic E-state index is 14.9. The zero-order chi connectivity index (χ0) is 25.0. The molecule has 2 aromatic carbocycles. The highest BCUT2D eigenvalue weighted by atomic mass is 19.3. The second-order valence-corrected chi connectivity index (χ2v) is 7.89. The standard InChI is InChI=1S/C23H24F3N3O5/c1-12(2)15-9-19(30)20(33-3)7-6-17(15)28-18-5-4-13(8-16(18)24)29-11-14(34-23(29)32)10-27-22(31)21(25)26/h4-9,12,14,21,28H,10-11H2,1-3H3,(H,27,31)/t14-/m0/s1. The Morgan fingerprint density at radius 3 is 2.50 bits per heavy atom. The first-order valence-corrected chi connectivity index (χ1v) is 10.4. The molecule has 0 unspecified atom stereocenters. The van der Waals surface area contributed by atoms with E-state index in [9.17, 15) is 27.6 Å². The number of hydrogen-bond donors (Lipinski definition) is 2. The number of benzene rings is 1. The molecule has 2 N–H and O–H groups in total. The highest BCUT2D eigenvalue weighted by molar-refractivity contribution is 5.90. The average molecular weight is 479 g/mol. The van der Waals surface area contributed by atoms with Gasteiger partial charge in [-0.25, -0.2) is 9.18 Å². The summed E-state index contributed by atoms with van der Waals surface area (Å²) in [5.74, 6) is -2.03. The van der Waals surface area contributed by atoms with E-state index in [1.165, 1.54) is 31.4 Å². The van der Waals surface area contributed by atoms with Crippen LogP contribution in [0.2, 0.25) is 0 Å². The molecule has 1 heterocycles. The molecular formula is C23H24F3N3O5. The maximum Gasteiger partial charge on any atom is 0.414 e. The number of rotatable bonds is 8. The molecular weight excluding hydrogens is 455 g/mol. The molecule has 1 aliphatic rings. The van der Waals surface area contributed by atoms with Crippen LogP contribution in [0.3, 0.4) is 0 Å². The van der Waals surface area contributed by atoms with Crippen molar-refractivity contribution in [3.8, 4) is 5.75 Å². The Balaban J connectivity index is 1.79. The topological polar surface area (TPSA) is 97.0 Å². The molecule has 0 aliphatic carbocycles. The molecule has 182 valence electrons. The molecule has 0 saturated carbocycles. The molecule has 0 spiro atoms. The van der Waals surface area contributed by atoms with Gasteiger partial charge < -0.3 is 20.1 Å². The van der Waals surface area contributed by atoms with Crippen LogP contribution < -0.4 is 25.7 Å². The van der Waals surface area contributed by atoms with E-state index in [-0.39, 0.29) is 41.6 Å². The molecule has 11 heteroatoms. The van der Waals surface area contributed by atoms with E-state index in [0.29, 0.717) is 11.3 Å². The molecule has 1 fully saturated rings. The van der Waals surface area contributed by atoms with Crippen LogP contribution in [0.15, 0.2) is 41.2 Å². The molecule has 0 radical (unpaired) electrons. The number of nitrogens with one attached hydrogen (secondary N) is 2. The molecule has 0 aromatic heterocycles. The van der Waals surface area contributed by atoms with Crippen LogP contribution in [0.5, 0.6) is 5.75 Å². The molecule has 1 aliphatic heterocycles. The minimum absolute atomic E-state index is 0.0449.